The lowest BCUT2D eigenvalue weighted by molar-refractivity contribution is 0.322. The third-order valence-electron chi connectivity index (χ3n) is 5.17. The van der Waals surface area contributed by atoms with Crippen LogP contribution in [-0.2, 0) is 23.0 Å². The minimum absolute atomic E-state index is 0.0410. The van der Waals surface area contributed by atoms with Gasteiger partial charge in [-0.1, -0.05) is 18.2 Å². The summed E-state index contributed by atoms with van der Waals surface area (Å²) in [6, 6.07) is 12.1. The Morgan fingerprint density at radius 2 is 1.87 bits per heavy atom. The zero-order valence-corrected chi connectivity index (χ0v) is 18.6. The van der Waals surface area contributed by atoms with Crippen molar-refractivity contribution in [2.45, 2.75) is 44.6 Å². The molecule has 4 rings (SSSR count). The van der Waals surface area contributed by atoms with Crippen LogP contribution in [0.3, 0.4) is 0 Å². The highest BCUT2D eigenvalue weighted by Crippen LogP contribution is 2.34. The van der Waals surface area contributed by atoms with Crippen molar-refractivity contribution >= 4 is 15.7 Å². The zero-order valence-electron chi connectivity index (χ0n) is 17.8. The number of sulfonamides is 1. The zero-order chi connectivity index (χ0) is 21.8. The van der Waals surface area contributed by atoms with Crippen LogP contribution >= 0.6 is 0 Å². The van der Waals surface area contributed by atoms with E-state index in [1.165, 1.54) is 6.07 Å². The van der Waals surface area contributed by atoms with Gasteiger partial charge in [-0.3, -0.25) is 4.72 Å². The van der Waals surface area contributed by atoms with E-state index in [0.29, 0.717) is 24.7 Å². The van der Waals surface area contributed by atoms with Crippen LogP contribution in [0.4, 0.5) is 5.69 Å². The molecule has 0 saturated heterocycles. The van der Waals surface area contributed by atoms with Crippen LogP contribution in [0, 0.1) is 0 Å². The van der Waals surface area contributed by atoms with Crippen molar-refractivity contribution in [2.24, 2.45) is 0 Å². The highest BCUT2D eigenvalue weighted by Gasteiger charge is 2.23. The Bertz CT molecular complexity index is 1150. The molecule has 8 heteroatoms. The maximum absolute atomic E-state index is 13.4. The number of rotatable bonds is 8. The van der Waals surface area contributed by atoms with Gasteiger partial charge in [-0.2, -0.15) is 0 Å². The van der Waals surface area contributed by atoms with Gasteiger partial charge in [0, 0.05) is 30.8 Å². The second kappa shape index (κ2) is 9.01. The smallest absolute Gasteiger partial charge is 0.265 e. The predicted octanol–water partition coefficient (Wildman–Crippen LogP) is 4.48. The highest BCUT2D eigenvalue weighted by atomic mass is 32.2. The maximum atomic E-state index is 13.4. The molecule has 0 atom stereocenters. The summed E-state index contributed by atoms with van der Waals surface area (Å²) in [5.74, 6) is 1.80. The third kappa shape index (κ3) is 4.54. The van der Waals surface area contributed by atoms with Crippen molar-refractivity contribution in [3.05, 3.63) is 54.5 Å². The summed E-state index contributed by atoms with van der Waals surface area (Å²) in [6.07, 6.45) is 5.20. The first-order valence-corrected chi connectivity index (χ1v) is 12.1. The molecule has 31 heavy (non-hydrogen) atoms. The Labute approximate surface area is 183 Å². The SMILES string of the molecule is CCOc1ccc(OCC)c(S(=O)(=O)Nc2ccccc2-c2cn3c(n2)CCCC3)c1. The molecule has 0 radical (unpaired) electrons. The molecule has 1 aliphatic rings. The average molecular weight is 442 g/mol. The number of fused-ring (bicyclic) bond motifs is 1. The Hall–Kier alpha value is -3.00. The van der Waals surface area contributed by atoms with Crippen molar-refractivity contribution in [3.8, 4) is 22.8 Å². The van der Waals surface area contributed by atoms with E-state index in [1.807, 2.05) is 32.2 Å². The van der Waals surface area contributed by atoms with E-state index in [9.17, 15) is 8.42 Å². The summed E-state index contributed by atoms with van der Waals surface area (Å²) < 4.78 is 42.7. The van der Waals surface area contributed by atoms with E-state index in [-0.39, 0.29) is 10.6 Å². The van der Waals surface area contributed by atoms with Crippen LogP contribution in [0.1, 0.15) is 32.5 Å². The Balaban J connectivity index is 1.71. The van der Waals surface area contributed by atoms with Crippen molar-refractivity contribution in [1.29, 1.82) is 0 Å². The van der Waals surface area contributed by atoms with Gasteiger partial charge in [-0.05, 0) is 44.9 Å². The lowest BCUT2D eigenvalue weighted by Gasteiger charge is -2.15. The monoisotopic (exact) mass is 441 g/mol. The summed E-state index contributed by atoms with van der Waals surface area (Å²) in [5, 5.41) is 0. The van der Waals surface area contributed by atoms with Crippen LogP contribution in [-0.4, -0.2) is 31.2 Å². The van der Waals surface area contributed by atoms with Crippen LogP contribution in [0.2, 0.25) is 0 Å². The topological polar surface area (TPSA) is 82.5 Å². The summed E-state index contributed by atoms with van der Waals surface area (Å²) in [5.41, 5.74) is 1.98. The number of benzene rings is 2. The van der Waals surface area contributed by atoms with Crippen molar-refractivity contribution in [1.82, 2.24) is 9.55 Å². The molecule has 0 aliphatic carbocycles. The first-order valence-electron chi connectivity index (χ1n) is 10.6. The predicted molar refractivity (Wildman–Crippen MR) is 120 cm³/mol. The molecule has 0 amide bonds. The van der Waals surface area contributed by atoms with Crippen LogP contribution < -0.4 is 14.2 Å². The minimum Gasteiger partial charge on any atom is -0.494 e. The van der Waals surface area contributed by atoms with E-state index in [2.05, 4.69) is 9.29 Å². The van der Waals surface area contributed by atoms with Crippen molar-refractivity contribution in [3.63, 3.8) is 0 Å². The van der Waals surface area contributed by atoms with Crippen LogP contribution in [0.5, 0.6) is 11.5 Å². The minimum atomic E-state index is -3.93. The van der Waals surface area contributed by atoms with Gasteiger partial charge < -0.3 is 14.0 Å². The molecule has 164 valence electrons. The Morgan fingerprint density at radius 1 is 1.06 bits per heavy atom. The largest absolute Gasteiger partial charge is 0.494 e. The standard InChI is InChI=1S/C23H27N3O4S/c1-3-29-17-12-13-21(30-4-2)22(15-17)31(27,28)25-19-10-6-5-9-18(19)20-16-26-14-8-7-11-23(26)24-20/h5-6,9-10,12-13,15-16,25H,3-4,7-8,11,14H2,1-2H3. The number of anilines is 1. The fourth-order valence-electron chi connectivity index (χ4n) is 3.77. The van der Waals surface area contributed by atoms with Crippen LogP contribution in [0.15, 0.2) is 53.6 Å². The quantitative estimate of drug-likeness (QED) is 0.557. The van der Waals surface area contributed by atoms with Crippen LogP contribution in [0.25, 0.3) is 11.3 Å². The number of hydrogen-bond donors (Lipinski definition) is 1. The second-order valence-corrected chi connectivity index (χ2v) is 8.97. The Morgan fingerprint density at radius 3 is 2.65 bits per heavy atom. The molecule has 2 aromatic carbocycles. The molecular formula is C23H27N3O4S. The summed E-state index contributed by atoms with van der Waals surface area (Å²) >= 11 is 0. The molecule has 7 nitrogen and oxygen atoms in total. The molecule has 1 aliphatic heterocycles. The van der Waals surface area contributed by atoms with Gasteiger partial charge in [0.25, 0.3) is 10.0 Å². The van der Waals surface area contributed by atoms with Gasteiger partial charge in [0.15, 0.2) is 0 Å². The lowest BCUT2D eigenvalue weighted by atomic mass is 10.1. The van der Waals surface area contributed by atoms with Crippen molar-refractivity contribution in [2.75, 3.05) is 17.9 Å². The van der Waals surface area contributed by atoms with Crippen molar-refractivity contribution < 1.29 is 17.9 Å². The van der Waals surface area contributed by atoms with Gasteiger partial charge in [-0.25, -0.2) is 13.4 Å². The second-order valence-electron chi connectivity index (χ2n) is 7.32. The van der Waals surface area contributed by atoms with E-state index < -0.39 is 10.0 Å². The van der Waals surface area contributed by atoms with Gasteiger partial charge in [-0.15, -0.1) is 0 Å². The number of nitrogens with zero attached hydrogens (tertiary/aromatic N) is 2. The average Bonchev–Trinajstić information content (AvgIpc) is 3.19. The maximum Gasteiger partial charge on any atom is 0.265 e. The number of hydrogen-bond acceptors (Lipinski definition) is 5. The molecule has 0 spiro atoms. The number of imidazole rings is 1. The molecule has 0 saturated carbocycles. The van der Waals surface area contributed by atoms with Gasteiger partial charge in [0.1, 0.15) is 22.2 Å². The molecule has 0 unspecified atom stereocenters. The molecule has 3 aromatic rings. The molecule has 1 N–H and O–H groups in total. The number of nitrogens with one attached hydrogen (secondary N) is 1. The first-order chi connectivity index (χ1) is 15.0. The molecule has 1 aromatic heterocycles. The molecule has 0 fully saturated rings. The van der Waals surface area contributed by atoms with E-state index >= 15 is 0 Å². The lowest BCUT2D eigenvalue weighted by Crippen LogP contribution is -2.15. The fourth-order valence-corrected chi connectivity index (χ4v) is 5.01. The highest BCUT2D eigenvalue weighted by molar-refractivity contribution is 7.92. The van der Waals surface area contributed by atoms with Gasteiger partial charge in [0.2, 0.25) is 0 Å². The third-order valence-corrected chi connectivity index (χ3v) is 6.56. The first kappa shape index (κ1) is 21.2. The fraction of sp³-hybridized carbons (Fsp3) is 0.348. The number of ether oxygens (including phenoxy) is 2. The number of para-hydroxylation sites is 1. The van der Waals surface area contributed by atoms with E-state index in [4.69, 9.17) is 14.5 Å². The molecular weight excluding hydrogens is 414 g/mol. The molecule has 2 heterocycles. The number of aryl methyl sites for hydroxylation is 2. The van der Waals surface area contributed by atoms with Gasteiger partial charge in [0.05, 0.1) is 24.6 Å². The van der Waals surface area contributed by atoms with E-state index in [1.54, 1.807) is 24.3 Å². The normalized spacial score (nSPS) is 13.5. The summed E-state index contributed by atoms with van der Waals surface area (Å²) in [7, 11) is -3.93. The van der Waals surface area contributed by atoms with E-state index in [0.717, 1.165) is 42.9 Å². The summed E-state index contributed by atoms with van der Waals surface area (Å²) in [4.78, 5) is 4.79. The number of aromatic nitrogens is 2. The Kier molecular flexibility index (Phi) is 6.18. The molecule has 0 bridgehead atoms. The van der Waals surface area contributed by atoms with Gasteiger partial charge >= 0.3 is 0 Å². The summed E-state index contributed by atoms with van der Waals surface area (Å²) in [6.45, 7) is 5.40.